The SMILES string of the molecule is Cc1cc(C(F)(F)F)nc(C(F)(F)C(C)C)c1. The summed E-state index contributed by atoms with van der Waals surface area (Å²) >= 11 is 0. The van der Waals surface area contributed by atoms with Gasteiger partial charge in [-0.3, -0.25) is 0 Å². The largest absolute Gasteiger partial charge is 0.433 e. The van der Waals surface area contributed by atoms with Crippen LogP contribution in [0.5, 0.6) is 0 Å². The number of aryl methyl sites for hydroxylation is 1. The molecule has 0 saturated heterocycles. The minimum Gasteiger partial charge on any atom is -0.242 e. The fraction of sp³-hybridized carbons (Fsp3) is 0.545. The van der Waals surface area contributed by atoms with Gasteiger partial charge in [-0.25, -0.2) is 4.98 Å². The van der Waals surface area contributed by atoms with Gasteiger partial charge < -0.3 is 0 Å². The molecule has 0 atom stereocenters. The van der Waals surface area contributed by atoms with Crippen LogP contribution in [-0.4, -0.2) is 4.98 Å². The van der Waals surface area contributed by atoms with Crippen molar-refractivity contribution >= 4 is 0 Å². The first-order valence-corrected chi connectivity index (χ1v) is 4.99. The topological polar surface area (TPSA) is 12.9 Å². The van der Waals surface area contributed by atoms with Gasteiger partial charge in [0.05, 0.1) is 0 Å². The van der Waals surface area contributed by atoms with E-state index in [1.165, 1.54) is 20.8 Å². The van der Waals surface area contributed by atoms with Crippen LogP contribution in [0.15, 0.2) is 12.1 Å². The van der Waals surface area contributed by atoms with E-state index >= 15 is 0 Å². The first-order valence-electron chi connectivity index (χ1n) is 4.99. The van der Waals surface area contributed by atoms with E-state index in [4.69, 9.17) is 0 Å². The summed E-state index contributed by atoms with van der Waals surface area (Å²) in [6.45, 7) is 3.80. The van der Waals surface area contributed by atoms with E-state index in [0.717, 1.165) is 12.1 Å². The molecule has 0 amide bonds. The standard InChI is InChI=1S/C11H12F5N/c1-6(2)10(12,13)8-4-7(3)5-9(17-8)11(14,15)16/h4-6H,1-3H3. The monoisotopic (exact) mass is 253 g/mol. The van der Waals surface area contributed by atoms with E-state index in [1.807, 2.05) is 0 Å². The average Bonchev–Trinajstić information content (AvgIpc) is 2.15. The Labute approximate surface area is 95.7 Å². The summed E-state index contributed by atoms with van der Waals surface area (Å²) in [6.07, 6.45) is -4.71. The van der Waals surface area contributed by atoms with Crippen LogP contribution in [-0.2, 0) is 12.1 Å². The summed E-state index contributed by atoms with van der Waals surface area (Å²) in [5, 5.41) is 0. The Morgan fingerprint density at radius 1 is 1.00 bits per heavy atom. The molecule has 0 radical (unpaired) electrons. The van der Waals surface area contributed by atoms with E-state index in [0.29, 0.717) is 0 Å². The number of alkyl halides is 5. The smallest absolute Gasteiger partial charge is 0.242 e. The van der Waals surface area contributed by atoms with Crippen molar-refractivity contribution in [1.29, 1.82) is 0 Å². The Kier molecular flexibility index (Phi) is 3.45. The Bertz CT molecular complexity index is 409. The zero-order valence-electron chi connectivity index (χ0n) is 9.57. The van der Waals surface area contributed by atoms with Gasteiger partial charge in [-0.05, 0) is 24.6 Å². The van der Waals surface area contributed by atoms with Gasteiger partial charge in [0.25, 0.3) is 5.92 Å². The van der Waals surface area contributed by atoms with E-state index in [-0.39, 0.29) is 5.56 Å². The van der Waals surface area contributed by atoms with Gasteiger partial charge >= 0.3 is 6.18 Å². The molecule has 6 heteroatoms. The van der Waals surface area contributed by atoms with E-state index in [2.05, 4.69) is 4.98 Å². The third-order valence-corrected chi connectivity index (χ3v) is 2.33. The van der Waals surface area contributed by atoms with Crippen molar-refractivity contribution < 1.29 is 22.0 Å². The molecule has 96 valence electrons. The number of rotatable bonds is 2. The Balaban J connectivity index is 3.33. The summed E-state index contributed by atoms with van der Waals surface area (Å²) in [7, 11) is 0. The highest BCUT2D eigenvalue weighted by Crippen LogP contribution is 2.37. The van der Waals surface area contributed by atoms with Crippen molar-refractivity contribution in [2.75, 3.05) is 0 Å². The predicted octanol–water partition coefficient (Wildman–Crippen LogP) is 4.16. The Morgan fingerprint density at radius 2 is 1.47 bits per heavy atom. The van der Waals surface area contributed by atoms with Gasteiger partial charge in [0.15, 0.2) is 0 Å². The summed E-state index contributed by atoms with van der Waals surface area (Å²) in [5.74, 6) is -4.48. The molecule has 1 rings (SSSR count). The van der Waals surface area contributed by atoms with Gasteiger partial charge in [-0.1, -0.05) is 13.8 Å². The molecular formula is C11H12F5N. The second-order valence-electron chi connectivity index (χ2n) is 4.19. The molecule has 0 N–H and O–H groups in total. The molecular weight excluding hydrogens is 241 g/mol. The van der Waals surface area contributed by atoms with Gasteiger partial charge in [-0.2, -0.15) is 22.0 Å². The fourth-order valence-electron chi connectivity index (χ4n) is 1.28. The van der Waals surface area contributed by atoms with Crippen molar-refractivity contribution in [3.05, 3.63) is 29.1 Å². The lowest BCUT2D eigenvalue weighted by molar-refractivity contribution is -0.142. The first-order chi connectivity index (χ1) is 7.55. The number of nitrogens with zero attached hydrogens (tertiary/aromatic N) is 1. The molecule has 1 aromatic heterocycles. The normalized spacial score (nSPS) is 13.2. The molecule has 17 heavy (non-hydrogen) atoms. The molecule has 0 fully saturated rings. The van der Waals surface area contributed by atoms with Crippen LogP contribution in [0.4, 0.5) is 22.0 Å². The molecule has 0 unspecified atom stereocenters. The predicted molar refractivity (Wildman–Crippen MR) is 52.7 cm³/mol. The minimum absolute atomic E-state index is 0.114. The van der Waals surface area contributed by atoms with Gasteiger partial charge in [0.1, 0.15) is 11.4 Å². The van der Waals surface area contributed by atoms with Crippen LogP contribution in [0, 0.1) is 12.8 Å². The molecule has 1 aromatic rings. The lowest BCUT2D eigenvalue weighted by Crippen LogP contribution is -2.24. The number of hydrogen-bond donors (Lipinski definition) is 0. The molecule has 0 saturated carbocycles. The lowest BCUT2D eigenvalue weighted by atomic mass is 10.0. The molecule has 0 spiro atoms. The quantitative estimate of drug-likeness (QED) is 0.721. The number of halogens is 5. The maximum absolute atomic E-state index is 13.6. The second-order valence-corrected chi connectivity index (χ2v) is 4.19. The molecule has 0 aromatic carbocycles. The van der Waals surface area contributed by atoms with Crippen LogP contribution >= 0.6 is 0 Å². The zero-order chi connectivity index (χ0) is 13.4. The molecule has 0 aliphatic rings. The van der Waals surface area contributed by atoms with Crippen LogP contribution < -0.4 is 0 Å². The minimum atomic E-state index is -4.71. The summed E-state index contributed by atoms with van der Waals surface area (Å²) < 4.78 is 64.5. The Hall–Kier alpha value is -1.20. The lowest BCUT2D eigenvalue weighted by Gasteiger charge is -2.21. The first kappa shape index (κ1) is 13.9. The summed E-state index contributed by atoms with van der Waals surface area (Å²) in [4.78, 5) is 3.02. The van der Waals surface area contributed by atoms with Gasteiger partial charge in [-0.15, -0.1) is 0 Å². The highest BCUT2D eigenvalue weighted by atomic mass is 19.4. The molecule has 0 bridgehead atoms. The second kappa shape index (κ2) is 4.23. The van der Waals surface area contributed by atoms with Crippen LogP contribution in [0.25, 0.3) is 0 Å². The molecule has 0 aliphatic heterocycles. The highest BCUT2D eigenvalue weighted by molar-refractivity contribution is 5.24. The van der Waals surface area contributed by atoms with Crippen molar-refractivity contribution in [2.24, 2.45) is 5.92 Å². The van der Waals surface area contributed by atoms with Crippen molar-refractivity contribution in [2.45, 2.75) is 32.9 Å². The van der Waals surface area contributed by atoms with Crippen molar-refractivity contribution in [3.8, 4) is 0 Å². The van der Waals surface area contributed by atoms with Gasteiger partial charge in [0.2, 0.25) is 0 Å². The zero-order valence-corrected chi connectivity index (χ0v) is 9.57. The third-order valence-electron chi connectivity index (χ3n) is 2.33. The fourth-order valence-corrected chi connectivity index (χ4v) is 1.28. The van der Waals surface area contributed by atoms with Crippen LogP contribution in [0.2, 0.25) is 0 Å². The molecule has 1 heterocycles. The highest BCUT2D eigenvalue weighted by Gasteiger charge is 2.40. The maximum atomic E-state index is 13.6. The van der Waals surface area contributed by atoms with Crippen molar-refractivity contribution in [1.82, 2.24) is 4.98 Å². The van der Waals surface area contributed by atoms with Crippen LogP contribution in [0.1, 0.15) is 30.8 Å². The molecule has 0 aliphatic carbocycles. The van der Waals surface area contributed by atoms with Crippen molar-refractivity contribution in [3.63, 3.8) is 0 Å². The average molecular weight is 253 g/mol. The maximum Gasteiger partial charge on any atom is 0.433 e. The summed E-state index contributed by atoms with van der Waals surface area (Å²) in [5.41, 5.74) is -2.00. The van der Waals surface area contributed by atoms with Crippen LogP contribution in [0.3, 0.4) is 0 Å². The number of aromatic nitrogens is 1. The van der Waals surface area contributed by atoms with E-state index in [1.54, 1.807) is 0 Å². The van der Waals surface area contributed by atoms with E-state index in [9.17, 15) is 22.0 Å². The third kappa shape index (κ3) is 2.92. The molecule has 1 nitrogen and oxygen atoms in total. The van der Waals surface area contributed by atoms with E-state index < -0.39 is 29.4 Å². The Morgan fingerprint density at radius 3 is 1.88 bits per heavy atom. The van der Waals surface area contributed by atoms with Gasteiger partial charge in [0, 0.05) is 5.92 Å². The number of pyridine rings is 1. The summed E-state index contributed by atoms with van der Waals surface area (Å²) in [6, 6.07) is 1.73. The number of hydrogen-bond acceptors (Lipinski definition) is 1.